The minimum Gasteiger partial charge on any atom is -0.408 e. The Bertz CT molecular complexity index is 788. The van der Waals surface area contributed by atoms with E-state index in [9.17, 15) is 9.59 Å². The molecule has 0 fully saturated rings. The van der Waals surface area contributed by atoms with E-state index < -0.39 is 5.69 Å². The lowest BCUT2D eigenvalue weighted by atomic mass is 10.2. The van der Waals surface area contributed by atoms with E-state index in [-0.39, 0.29) is 5.56 Å². The van der Waals surface area contributed by atoms with Crippen molar-refractivity contribution in [2.45, 2.75) is 50.5 Å². The van der Waals surface area contributed by atoms with Crippen LogP contribution < -0.4 is 16.1 Å². The van der Waals surface area contributed by atoms with Gasteiger partial charge in [-0.15, -0.1) is 4.73 Å². The first-order valence-corrected chi connectivity index (χ1v) is 8.55. The number of aromatic nitrogens is 2. The molecule has 0 aliphatic heterocycles. The average Bonchev–Trinajstić information content (AvgIpc) is 2.46. The third kappa shape index (κ3) is 4.07. The van der Waals surface area contributed by atoms with Crippen LogP contribution >= 0.6 is 11.8 Å². The summed E-state index contributed by atoms with van der Waals surface area (Å²) in [6.07, 6.45) is 1.30. The second kappa shape index (κ2) is 7.55. The number of aromatic amines is 1. The topological polar surface area (TPSA) is 64.1 Å². The number of hydrogen-bond acceptors (Lipinski definition) is 4. The summed E-state index contributed by atoms with van der Waals surface area (Å²) in [4.78, 5) is 33.1. The van der Waals surface area contributed by atoms with Crippen molar-refractivity contribution < 1.29 is 4.84 Å². The molecule has 23 heavy (non-hydrogen) atoms. The Morgan fingerprint density at radius 2 is 1.78 bits per heavy atom. The van der Waals surface area contributed by atoms with Gasteiger partial charge in [0.2, 0.25) is 0 Å². The number of aryl methyl sites for hydroxylation is 2. The maximum absolute atomic E-state index is 12.1. The molecule has 2 rings (SSSR count). The summed E-state index contributed by atoms with van der Waals surface area (Å²) >= 11 is 1.39. The monoisotopic (exact) mass is 334 g/mol. The van der Waals surface area contributed by atoms with Crippen LogP contribution in [0.3, 0.4) is 0 Å². The zero-order valence-corrected chi connectivity index (χ0v) is 14.8. The Balaban J connectivity index is 2.57. The van der Waals surface area contributed by atoms with Crippen LogP contribution in [0.5, 0.6) is 0 Å². The Labute approximate surface area is 139 Å². The maximum Gasteiger partial charge on any atom is 0.362 e. The summed E-state index contributed by atoms with van der Waals surface area (Å²) in [6.45, 7) is 8.32. The molecule has 1 N–H and O–H groups in total. The fourth-order valence-electron chi connectivity index (χ4n) is 2.35. The van der Waals surface area contributed by atoms with Crippen LogP contribution in [-0.2, 0) is 6.42 Å². The molecule has 1 heterocycles. The predicted molar refractivity (Wildman–Crippen MR) is 92.5 cm³/mol. The summed E-state index contributed by atoms with van der Waals surface area (Å²) in [5.74, 6) is 0. The molecule has 0 radical (unpaired) electrons. The van der Waals surface area contributed by atoms with Crippen molar-refractivity contribution in [3.8, 4) is 0 Å². The lowest BCUT2D eigenvalue weighted by Gasteiger charge is -2.15. The maximum atomic E-state index is 12.1. The number of nitrogens with zero attached hydrogens (tertiary/aromatic N) is 1. The summed E-state index contributed by atoms with van der Waals surface area (Å²) in [5.41, 5.74) is 1.95. The smallest absolute Gasteiger partial charge is 0.362 e. The molecule has 2 aromatic rings. The Morgan fingerprint density at radius 1 is 1.13 bits per heavy atom. The highest BCUT2D eigenvalue weighted by atomic mass is 32.2. The third-order valence-electron chi connectivity index (χ3n) is 3.31. The standard InChI is InChI=1S/C17H22N2O3S/c1-5-7-22-19-16(14(6-2)15(20)18-17(19)21)23-13-9-11(3)8-12(4)10-13/h8-10H,5-7H2,1-4H3,(H,18,20,21). The van der Waals surface area contributed by atoms with Gasteiger partial charge in [0.1, 0.15) is 11.6 Å². The van der Waals surface area contributed by atoms with Crippen LogP contribution in [0.25, 0.3) is 0 Å². The molecule has 0 aliphatic carbocycles. The van der Waals surface area contributed by atoms with Crippen LogP contribution in [0.1, 0.15) is 37.0 Å². The zero-order valence-electron chi connectivity index (χ0n) is 13.9. The Morgan fingerprint density at radius 3 is 2.35 bits per heavy atom. The lowest BCUT2D eigenvalue weighted by molar-refractivity contribution is 0.0790. The number of hydrogen-bond donors (Lipinski definition) is 1. The molecule has 0 atom stereocenters. The highest BCUT2D eigenvalue weighted by Crippen LogP contribution is 2.29. The quantitative estimate of drug-likeness (QED) is 0.825. The van der Waals surface area contributed by atoms with E-state index >= 15 is 0 Å². The second-order valence-corrected chi connectivity index (χ2v) is 6.51. The molecule has 5 nitrogen and oxygen atoms in total. The van der Waals surface area contributed by atoms with E-state index in [1.54, 1.807) is 0 Å². The normalized spacial score (nSPS) is 10.8. The van der Waals surface area contributed by atoms with Crippen molar-refractivity contribution >= 4 is 11.8 Å². The van der Waals surface area contributed by atoms with E-state index in [0.717, 1.165) is 22.4 Å². The van der Waals surface area contributed by atoms with Crippen molar-refractivity contribution in [1.82, 2.24) is 9.71 Å². The van der Waals surface area contributed by atoms with Crippen molar-refractivity contribution in [2.75, 3.05) is 6.61 Å². The molecular weight excluding hydrogens is 312 g/mol. The largest absolute Gasteiger partial charge is 0.408 e. The molecule has 1 aromatic heterocycles. The molecule has 0 amide bonds. The average molecular weight is 334 g/mol. The number of nitrogens with one attached hydrogen (secondary N) is 1. The highest BCUT2D eigenvalue weighted by Gasteiger charge is 2.16. The van der Waals surface area contributed by atoms with Crippen LogP contribution in [0, 0.1) is 13.8 Å². The van der Waals surface area contributed by atoms with Gasteiger partial charge in [0.15, 0.2) is 0 Å². The molecule has 0 bridgehead atoms. The molecule has 0 saturated carbocycles. The van der Waals surface area contributed by atoms with Gasteiger partial charge in [0.05, 0.1) is 5.56 Å². The zero-order chi connectivity index (χ0) is 17.0. The van der Waals surface area contributed by atoms with Gasteiger partial charge < -0.3 is 4.84 Å². The molecule has 0 aliphatic rings. The van der Waals surface area contributed by atoms with Gasteiger partial charge in [-0.25, -0.2) is 4.79 Å². The minimum atomic E-state index is -0.535. The fraction of sp³-hybridized carbons (Fsp3) is 0.412. The first-order chi connectivity index (χ1) is 11.0. The molecule has 0 saturated heterocycles. The van der Waals surface area contributed by atoms with Crippen LogP contribution in [0.2, 0.25) is 0 Å². The third-order valence-corrected chi connectivity index (χ3v) is 4.39. The van der Waals surface area contributed by atoms with E-state index in [4.69, 9.17) is 4.84 Å². The van der Waals surface area contributed by atoms with Gasteiger partial charge in [-0.05, 0) is 49.9 Å². The van der Waals surface area contributed by atoms with Crippen molar-refractivity contribution in [2.24, 2.45) is 0 Å². The molecular formula is C17H22N2O3S. The molecule has 124 valence electrons. The van der Waals surface area contributed by atoms with Gasteiger partial charge in [-0.2, -0.15) is 0 Å². The highest BCUT2D eigenvalue weighted by molar-refractivity contribution is 7.99. The summed E-state index contributed by atoms with van der Waals surface area (Å²) in [7, 11) is 0. The SMILES string of the molecule is CCCOn1c(Sc2cc(C)cc(C)c2)c(CC)c(=O)[nH]c1=O. The van der Waals surface area contributed by atoms with Crippen molar-refractivity contribution in [1.29, 1.82) is 0 Å². The van der Waals surface area contributed by atoms with Gasteiger partial charge in [-0.3, -0.25) is 9.78 Å². The van der Waals surface area contributed by atoms with Gasteiger partial charge in [-0.1, -0.05) is 31.7 Å². The molecule has 0 spiro atoms. The van der Waals surface area contributed by atoms with E-state index in [0.29, 0.717) is 23.6 Å². The predicted octanol–water partition coefficient (Wildman–Crippen LogP) is 2.71. The van der Waals surface area contributed by atoms with Crippen LogP contribution in [-0.4, -0.2) is 16.3 Å². The molecule has 0 unspecified atom stereocenters. The fourth-order valence-corrected chi connectivity index (χ4v) is 3.65. The first-order valence-electron chi connectivity index (χ1n) is 7.73. The summed E-state index contributed by atoms with van der Waals surface area (Å²) in [5, 5.41) is 0.555. The molecule has 6 heteroatoms. The number of rotatable bonds is 6. The van der Waals surface area contributed by atoms with E-state index in [1.807, 2.05) is 39.8 Å². The van der Waals surface area contributed by atoms with Crippen molar-refractivity contribution in [3.63, 3.8) is 0 Å². The Hall–Kier alpha value is -1.95. The van der Waals surface area contributed by atoms with E-state index in [2.05, 4.69) is 11.1 Å². The van der Waals surface area contributed by atoms with E-state index in [1.165, 1.54) is 16.5 Å². The number of H-pyrrole nitrogens is 1. The van der Waals surface area contributed by atoms with Gasteiger partial charge in [0.25, 0.3) is 5.56 Å². The first kappa shape index (κ1) is 17.4. The summed E-state index contributed by atoms with van der Waals surface area (Å²) in [6, 6.07) is 6.16. The lowest BCUT2D eigenvalue weighted by Crippen LogP contribution is -2.37. The Kier molecular flexibility index (Phi) is 5.71. The summed E-state index contributed by atoms with van der Waals surface area (Å²) < 4.78 is 1.21. The van der Waals surface area contributed by atoms with Crippen LogP contribution in [0.4, 0.5) is 0 Å². The minimum absolute atomic E-state index is 0.347. The van der Waals surface area contributed by atoms with Crippen LogP contribution in [0.15, 0.2) is 37.7 Å². The van der Waals surface area contributed by atoms with Gasteiger partial charge in [0, 0.05) is 4.90 Å². The van der Waals surface area contributed by atoms with Gasteiger partial charge >= 0.3 is 5.69 Å². The second-order valence-electron chi connectivity index (χ2n) is 5.45. The number of benzene rings is 1. The molecule has 1 aromatic carbocycles. The van der Waals surface area contributed by atoms with Crippen molar-refractivity contribution in [3.05, 3.63) is 55.7 Å².